The summed E-state index contributed by atoms with van der Waals surface area (Å²) < 4.78 is 0. The second kappa shape index (κ2) is 20.1. The summed E-state index contributed by atoms with van der Waals surface area (Å²) >= 11 is 0. The highest BCUT2D eigenvalue weighted by Gasteiger charge is 2.07. The zero-order chi connectivity index (χ0) is 27.3. The van der Waals surface area contributed by atoms with Crippen molar-refractivity contribution in [3.05, 3.63) is 65.7 Å². The average Bonchev–Trinajstić information content (AvgIpc) is 2.92. The van der Waals surface area contributed by atoms with Crippen molar-refractivity contribution in [3.8, 4) is 5.75 Å². The van der Waals surface area contributed by atoms with E-state index in [0.29, 0.717) is 17.7 Å². The van der Waals surface area contributed by atoms with Crippen molar-refractivity contribution in [2.75, 3.05) is 5.32 Å². The number of carbonyl (C=O) groups excluding carboxylic acids is 2. The Kier molecular flexibility index (Phi) is 16.6. The number of unbranched alkanes of at least 4 members (excludes halogenated alkanes) is 15. The van der Waals surface area contributed by atoms with Gasteiger partial charge in [0.15, 0.2) is 5.78 Å². The van der Waals surface area contributed by atoms with Gasteiger partial charge in [0.25, 0.3) is 0 Å². The van der Waals surface area contributed by atoms with Gasteiger partial charge in [-0.15, -0.1) is 0 Å². The molecule has 2 rings (SSSR count). The molecule has 0 aliphatic carbocycles. The number of aromatic hydroxyl groups is 1. The fourth-order valence-electron chi connectivity index (χ4n) is 4.69. The third-order valence-corrected chi connectivity index (χ3v) is 7.03. The lowest BCUT2D eigenvalue weighted by molar-refractivity contribution is -0.111. The highest BCUT2D eigenvalue weighted by Crippen LogP contribution is 2.17. The van der Waals surface area contributed by atoms with Gasteiger partial charge in [-0.05, 0) is 42.3 Å². The van der Waals surface area contributed by atoms with E-state index in [1.54, 1.807) is 48.5 Å². The molecule has 208 valence electrons. The molecule has 2 aromatic rings. The topological polar surface area (TPSA) is 66.4 Å². The van der Waals surface area contributed by atoms with Crippen LogP contribution in [0.15, 0.2) is 54.6 Å². The highest BCUT2D eigenvalue weighted by molar-refractivity contribution is 6.03. The lowest BCUT2D eigenvalue weighted by Gasteiger charge is -2.06. The van der Waals surface area contributed by atoms with Crippen LogP contribution in [-0.2, 0) is 4.79 Å². The van der Waals surface area contributed by atoms with E-state index >= 15 is 0 Å². The minimum absolute atomic E-state index is 0.131. The maximum Gasteiger partial charge on any atom is 0.248 e. The molecule has 4 heteroatoms. The number of rotatable bonds is 21. The third-order valence-electron chi connectivity index (χ3n) is 7.03. The molecule has 2 aromatic carbocycles. The molecule has 0 spiro atoms. The van der Waals surface area contributed by atoms with Gasteiger partial charge in [0.05, 0.1) is 0 Å². The van der Waals surface area contributed by atoms with Crippen molar-refractivity contribution in [2.24, 2.45) is 0 Å². The van der Waals surface area contributed by atoms with Crippen LogP contribution in [0.3, 0.4) is 0 Å². The van der Waals surface area contributed by atoms with Crippen molar-refractivity contribution >= 4 is 23.5 Å². The van der Waals surface area contributed by atoms with Crippen molar-refractivity contribution in [2.45, 2.75) is 116 Å². The van der Waals surface area contributed by atoms with E-state index in [1.807, 2.05) is 6.07 Å². The Morgan fingerprint density at radius 2 is 1.24 bits per heavy atom. The molecule has 0 fully saturated rings. The fourth-order valence-corrected chi connectivity index (χ4v) is 4.69. The zero-order valence-electron chi connectivity index (χ0n) is 23.6. The summed E-state index contributed by atoms with van der Waals surface area (Å²) in [6, 6.07) is 13.8. The predicted octanol–water partition coefficient (Wildman–Crippen LogP) is 9.88. The third kappa shape index (κ3) is 14.8. The van der Waals surface area contributed by atoms with Gasteiger partial charge < -0.3 is 10.4 Å². The summed E-state index contributed by atoms with van der Waals surface area (Å²) in [6.45, 7) is 2.27. The first-order valence-corrected chi connectivity index (χ1v) is 15.0. The molecule has 0 saturated carbocycles. The number of amides is 1. The summed E-state index contributed by atoms with van der Waals surface area (Å²) in [7, 11) is 0. The van der Waals surface area contributed by atoms with Gasteiger partial charge in [0.2, 0.25) is 5.91 Å². The summed E-state index contributed by atoms with van der Waals surface area (Å²) in [5, 5.41) is 12.2. The van der Waals surface area contributed by atoms with Crippen LogP contribution in [0.5, 0.6) is 5.75 Å². The molecule has 0 heterocycles. The number of phenols is 1. The number of hydrogen-bond donors (Lipinski definition) is 2. The van der Waals surface area contributed by atoms with Crippen LogP contribution in [-0.4, -0.2) is 16.8 Å². The number of Topliss-reactive ketones (excluding diaryl/α,β-unsaturated/α-hetero) is 1. The molecule has 0 aliphatic rings. The molecule has 0 atom stereocenters. The van der Waals surface area contributed by atoms with Gasteiger partial charge in [-0.3, -0.25) is 9.59 Å². The number of nitrogens with one attached hydrogen (secondary N) is 1. The quantitative estimate of drug-likeness (QED) is 0.0979. The monoisotopic (exact) mass is 519 g/mol. The first-order valence-electron chi connectivity index (χ1n) is 15.0. The second-order valence-electron chi connectivity index (χ2n) is 10.5. The van der Waals surface area contributed by atoms with Crippen LogP contribution < -0.4 is 5.32 Å². The zero-order valence-corrected chi connectivity index (χ0v) is 23.6. The van der Waals surface area contributed by atoms with Crippen LogP contribution in [0.1, 0.15) is 132 Å². The summed E-state index contributed by atoms with van der Waals surface area (Å²) in [5.74, 6) is 0.0549. The number of ketones is 1. The Bertz CT molecular complexity index is 948. The molecule has 0 bridgehead atoms. The van der Waals surface area contributed by atoms with E-state index < -0.39 is 0 Å². The summed E-state index contributed by atoms with van der Waals surface area (Å²) in [5.41, 5.74) is 2.08. The fraction of sp³-hybridized carbons (Fsp3) is 0.529. The Balaban J connectivity index is 1.51. The van der Waals surface area contributed by atoms with E-state index in [4.69, 9.17) is 0 Å². The van der Waals surface area contributed by atoms with Gasteiger partial charge in [0.1, 0.15) is 5.75 Å². The normalized spacial score (nSPS) is 11.2. The molecule has 38 heavy (non-hydrogen) atoms. The molecule has 0 aliphatic heterocycles. The van der Waals surface area contributed by atoms with Gasteiger partial charge in [0, 0.05) is 23.7 Å². The van der Waals surface area contributed by atoms with E-state index in [0.717, 1.165) is 18.4 Å². The molecule has 4 nitrogen and oxygen atoms in total. The highest BCUT2D eigenvalue weighted by atomic mass is 16.3. The van der Waals surface area contributed by atoms with Gasteiger partial charge in [-0.25, -0.2) is 0 Å². The van der Waals surface area contributed by atoms with E-state index in [9.17, 15) is 14.7 Å². The summed E-state index contributed by atoms with van der Waals surface area (Å²) in [4.78, 5) is 24.9. The van der Waals surface area contributed by atoms with Crippen LogP contribution in [0.25, 0.3) is 6.08 Å². The molecule has 1 amide bonds. The Hall–Kier alpha value is -2.88. The van der Waals surface area contributed by atoms with Crippen molar-refractivity contribution in [3.63, 3.8) is 0 Å². The second-order valence-corrected chi connectivity index (χ2v) is 10.5. The minimum Gasteiger partial charge on any atom is -0.508 e. The van der Waals surface area contributed by atoms with E-state index in [-0.39, 0.29) is 17.4 Å². The molecule has 2 N–H and O–H groups in total. The number of benzene rings is 2. The smallest absolute Gasteiger partial charge is 0.248 e. The van der Waals surface area contributed by atoms with Crippen molar-refractivity contribution in [1.82, 2.24) is 0 Å². The largest absolute Gasteiger partial charge is 0.508 e. The Morgan fingerprint density at radius 3 is 1.79 bits per heavy atom. The molecular formula is C34H49NO3. The maximum atomic E-state index is 12.6. The van der Waals surface area contributed by atoms with Crippen LogP contribution in [0, 0.1) is 0 Å². The molecule has 0 radical (unpaired) electrons. The molecule has 0 unspecified atom stereocenters. The lowest BCUT2D eigenvalue weighted by atomic mass is 10.0. The Morgan fingerprint density at radius 1 is 0.711 bits per heavy atom. The van der Waals surface area contributed by atoms with Gasteiger partial charge in [-0.2, -0.15) is 0 Å². The number of phenolic OH excluding ortho intramolecular Hbond substituents is 1. The van der Waals surface area contributed by atoms with Crippen LogP contribution in [0.2, 0.25) is 0 Å². The molecular weight excluding hydrogens is 470 g/mol. The van der Waals surface area contributed by atoms with Crippen molar-refractivity contribution in [1.29, 1.82) is 0 Å². The Labute approximate surface area is 230 Å². The standard InChI is InChI=1S/C34H49NO3/c1-2-3-4-5-6-7-8-9-10-11-12-13-14-15-16-17-21-33(37)30-19-18-20-31(28-30)35-34(38)27-24-29-22-25-32(36)26-23-29/h18-20,22-28,36H,2-17,21H2,1H3,(H,35,38)/b27-24+. The first-order chi connectivity index (χ1) is 18.6. The van der Waals surface area contributed by atoms with Crippen LogP contribution in [0.4, 0.5) is 5.69 Å². The van der Waals surface area contributed by atoms with E-state index in [2.05, 4.69) is 12.2 Å². The lowest BCUT2D eigenvalue weighted by Crippen LogP contribution is -2.08. The molecule has 0 aromatic heterocycles. The number of carbonyl (C=O) groups is 2. The first kappa shape index (κ1) is 31.3. The minimum atomic E-state index is -0.263. The summed E-state index contributed by atoms with van der Waals surface area (Å²) in [6.07, 6.45) is 24.8. The van der Waals surface area contributed by atoms with E-state index in [1.165, 1.54) is 96.0 Å². The van der Waals surface area contributed by atoms with Gasteiger partial charge in [-0.1, -0.05) is 128 Å². The van der Waals surface area contributed by atoms with Crippen molar-refractivity contribution < 1.29 is 14.7 Å². The predicted molar refractivity (Wildman–Crippen MR) is 161 cm³/mol. The number of hydrogen-bond acceptors (Lipinski definition) is 3. The number of anilines is 1. The van der Waals surface area contributed by atoms with Crippen LogP contribution >= 0.6 is 0 Å². The maximum absolute atomic E-state index is 12.6. The van der Waals surface area contributed by atoms with Gasteiger partial charge >= 0.3 is 0 Å². The average molecular weight is 520 g/mol. The SMILES string of the molecule is CCCCCCCCCCCCCCCCCCC(=O)c1cccc(NC(=O)/C=C/c2ccc(O)cc2)c1. The molecule has 0 saturated heterocycles.